The summed E-state index contributed by atoms with van der Waals surface area (Å²) >= 11 is 0. The van der Waals surface area contributed by atoms with Crippen LogP contribution in [0.2, 0.25) is 0 Å². The number of nitrogen functional groups attached to an aromatic ring is 1. The molecule has 1 aliphatic heterocycles. The minimum Gasteiger partial charge on any atom is -0.444 e. The number of aromatic nitrogens is 7. The number of H-pyrrole nitrogens is 1. The summed E-state index contributed by atoms with van der Waals surface area (Å²) in [5, 5.41) is 12.1. The lowest BCUT2D eigenvalue weighted by atomic mass is 9.96. The molecule has 0 spiro atoms. The first-order valence-electron chi connectivity index (χ1n) is 14.8. The Morgan fingerprint density at radius 2 is 1.91 bits per heavy atom. The molecule has 13 nitrogen and oxygen atoms in total. The molecule has 5 aromatic rings. The summed E-state index contributed by atoms with van der Waals surface area (Å²) in [7, 11) is 0. The van der Waals surface area contributed by atoms with Crippen molar-refractivity contribution in [1.29, 1.82) is 0 Å². The molecule has 0 aliphatic carbocycles. The first-order valence-corrected chi connectivity index (χ1v) is 14.8. The van der Waals surface area contributed by atoms with E-state index < -0.39 is 5.60 Å². The van der Waals surface area contributed by atoms with Crippen molar-refractivity contribution in [3.05, 3.63) is 76.8 Å². The van der Waals surface area contributed by atoms with Gasteiger partial charge in [-0.2, -0.15) is 10.2 Å². The van der Waals surface area contributed by atoms with E-state index in [-0.39, 0.29) is 12.0 Å². The van der Waals surface area contributed by atoms with E-state index >= 15 is 0 Å². The van der Waals surface area contributed by atoms with Crippen LogP contribution in [0.15, 0.2) is 43.0 Å². The number of imidazole rings is 1. The quantitative estimate of drug-likeness (QED) is 0.254. The van der Waals surface area contributed by atoms with Crippen LogP contribution in [-0.2, 0) is 17.8 Å². The molecule has 0 radical (unpaired) electrons. The number of hydrogen-bond acceptors (Lipinski definition) is 9. The highest BCUT2D eigenvalue weighted by Crippen LogP contribution is 2.31. The van der Waals surface area contributed by atoms with Crippen LogP contribution in [0.1, 0.15) is 65.8 Å². The van der Waals surface area contributed by atoms with E-state index in [0.29, 0.717) is 66.5 Å². The van der Waals surface area contributed by atoms with Gasteiger partial charge in [-0.25, -0.2) is 19.7 Å². The average molecular weight is 609 g/mol. The van der Waals surface area contributed by atoms with Crippen molar-refractivity contribution in [3.8, 4) is 0 Å². The van der Waals surface area contributed by atoms with Gasteiger partial charge in [0.1, 0.15) is 17.4 Å². The van der Waals surface area contributed by atoms with Gasteiger partial charge in [0.05, 0.1) is 41.9 Å². The van der Waals surface area contributed by atoms with Gasteiger partial charge < -0.3 is 30.2 Å². The molecular weight excluding hydrogens is 572 g/mol. The second-order valence-corrected chi connectivity index (χ2v) is 12.3. The summed E-state index contributed by atoms with van der Waals surface area (Å²) in [4.78, 5) is 43.8. The summed E-state index contributed by atoms with van der Waals surface area (Å²) in [6.07, 6.45) is 5.60. The van der Waals surface area contributed by atoms with Gasteiger partial charge in [0.2, 0.25) is 0 Å². The maximum atomic E-state index is 13.0. The van der Waals surface area contributed by atoms with Gasteiger partial charge in [0.25, 0.3) is 5.91 Å². The maximum absolute atomic E-state index is 13.0. The summed E-state index contributed by atoms with van der Waals surface area (Å²) < 4.78 is 7.51. The third-order valence-corrected chi connectivity index (χ3v) is 7.65. The lowest BCUT2D eigenvalue weighted by Gasteiger charge is -2.29. The minimum atomic E-state index is -0.549. The highest BCUT2D eigenvalue weighted by atomic mass is 16.6. The van der Waals surface area contributed by atoms with E-state index in [2.05, 4.69) is 53.7 Å². The number of aromatic amines is 1. The smallest absolute Gasteiger partial charge is 0.410 e. The van der Waals surface area contributed by atoms with Crippen molar-refractivity contribution in [2.75, 3.05) is 18.8 Å². The zero-order chi connectivity index (χ0) is 31.9. The van der Waals surface area contributed by atoms with Crippen LogP contribution in [0, 0.1) is 13.8 Å². The standard InChI is InChI=1S/C32H36N10O3/c1-18-10-25(19(2)40-39-18)30(43)34-14-24-13-22-11-21(20-6-8-41(9-7-20)31(44)45-32(3,4)5)12-23(26(22)38-24)15-42-17-37-27-28(33)35-16-36-29(27)42/h6,10-13,16-17,38H,7-9,14-15H2,1-5H3,(H,34,43)(H2,33,35,36). The number of fused-ring (bicyclic) bond motifs is 2. The number of nitrogens with two attached hydrogens (primary N) is 1. The molecule has 2 amide bonds. The molecule has 232 valence electrons. The number of ether oxygens (including phenoxy) is 1. The highest BCUT2D eigenvalue weighted by Gasteiger charge is 2.24. The van der Waals surface area contributed by atoms with E-state index in [0.717, 1.165) is 33.3 Å². The summed E-state index contributed by atoms with van der Waals surface area (Å²) in [6.45, 7) is 11.0. The van der Waals surface area contributed by atoms with E-state index in [1.54, 1.807) is 31.1 Å². The van der Waals surface area contributed by atoms with E-state index in [4.69, 9.17) is 10.5 Å². The van der Waals surface area contributed by atoms with E-state index in [9.17, 15) is 9.59 Å². The predicted molar refractivity (Wildman–Crippen MR) is 170 cm³/mol. The molecule has 0 atom stereocenters. The van der Waals surface area contributed by atoms with Crippen molar-refractivity contribution in [2.45, 2.75) is 59.7 Å². The third kappa shape index (κ3) is 6.33. The van der Waals surface area contributed by atoms with Gasteiger partial charge in [-0.3, -0.25) is 4.79 Å². The fourth-order valence-corrected chi connectivity index (χ4v) is 5.45. The number of nitrogens with zero attached hydrogens (tertiary/aromatic N) is 7. The monoisotopic (exact) mass is 608 g/mol. The minimum absolute atomic E-state index is 0.214. The molecule has 13 heteroatoms. The molecule has 45 heavy (non-hydrogen) atoms. The molecule has 4 N–H and O–H groups in total. The Morgan fingerprint density at radius 1 is 1.09 bits per heavy atom. The van der Waals surface area contributed by atoms with Crippen molar-refractivity contribution in [2.24, 2.45) is 0 Å². The number of anilines is 1. The topological polar surface area (TPSA) is 170 Å². The summed E-state index contributed by atoms with van der Waals surface area (Å²) in [5.74, 6) is 0.112. The number of benzene rings is 1. The van der Waals surface area contributed by atoms with E-state index in [1.165, 1.54) is 6.33 Å². The van der Waals surface area contributed by atoms with Crippen LogP contribution < -0.4 is 11.1 Å². The zero-order valence-electron chi connectivity index (χ0n) is 26.0. The number of rotatable bonds is 6. The van der Waals surface area contributed by atoms with E-state index in [1.807, 2.05) is 31.4 Å². The van der Waals surface area contributed by atoms with Crippen molar-refractivity contribution < 1.29 is 14.3 Å². The molecule has 0 saturated heterocycles. The Labute approximate surface area is 259 Å². The second kappa shape index (κ2) is 11.6. The first-order chi connectivity index (χ1) is 21.4. The number of nitrogens with one attached hydrogen (secondary N) is 2. The third-order valence-electron chi connectivity index (χ3n) is 7.65. The summed E-state index contributed by atoms with van der Waals surface area (Å²) in [6, 6.07) is 8.08. The normalized spacial score (nSPS) is 13.7. The highest BCUT2D eigenvalue weighted by molar-refractivity contribution is 5.95. The second-order valence-electron chi connectivity index (χ2n) is 12.3. The fraction of sp³-hybridized carbons (Fsp3) is 0.344. The molecule has 4 aromatic heterocycles. The van der Waals surface area contributed by atoms with Gasteiger partial charge in [-0.05, 0) is 82.0 Å². The van der Waals surface area contributed by atoms with Crippen LogP contribution in [-0.4, -0.2) is 70.3 Å². The molecule has 1 aromatic carbocycles. The van der Waals surface area contributed by atoms with Gasteiger partial charge in [0.15, 0.2) is 11.5 Å². The van der Waals surface area contributed by atoms with Gasteiger partial charge in [-0.15, -0.1) is 0 Å². The lowest BCUT2D eigenvalue weighted by molar-refractivity contribution is 0.0270. The Bertz CT molecular complexity index is 1970. The lowest BCUT2D eigenvalue weighted by Crippen LogP contribution is -2.39. The molecule has 5 heterocycles. The Hall–Kier alpha value is -5.33. The van der Waals surface area contributed by atoms with Crippen molar-refractivity contribution in [1.82, 2.24) is 44.9 Å². The van der Waals surface area contributed by atoms with Crippen LogP contribution >= 0.6 is 0 Å². The maximum Gasteiger partial charge on any atom is 0.410 e. The van der Waals surface area contributed by atoms with Crippen LogP contribution in [0.5, 0.6) is 0 Å². The zero-order valence-corrected chi connectivity index (χ0v) is 26.0. The number of amides is 2. The molecular formula is C32H36N10O3. The molecule has 0 bridgehead atoms. The van der Waals surface area contributed by atoms with Crippen LogP contribution in [0.3, 0.4) is 0 Å². The Kier molecular flexibility index (Phi) is 7.69. The van der Waals surface area contributed by atoms with Gasteiger partial charge >= 0.3 is 6.09 Å². The van der Waals surface area contributed by atoms with Gasteiger partial charge in [0, 0.05) is 24.2 Å². The summed E-state index contributed by atoms with van der Waals surface area (Å²) in [5.41, 5.74) is 13.4. The molecule has 0 unspecified atom stereocenters. The molecule has 0 fully saturated rings. The van der Waals surface area contributed by atoms with Crippen LogP contribution in [0.25, 0.3) is 27.6 Å². The van der Waals surface area contributed by atoms with Gasteiger partial charge in [-0.1, -0.05) is 6.08 Å². The largest absolute Gasteiger partial charge is 0.444 e. The molecule has 1 aliphatic rings. The predicted octanol–water partition coefficient (Wildman–Crippen LogP) is 4.30. The number of hydrogen-bond donors (Lipinski definition) is 3. The number of carbonyl (C=O) groups excluding carboxylic acids is 2. The first kappa shape index (κ1) is 29.7. The Balaban J connectivity index is 1.32. The Morgan fingerprint density at radius 3 is 2.67 bits per heavy atom. The number of aryl methyl sites for hydroxylation is 2. The molecule has 6 rings (SSSR count). The van der Waals surface area contributed by atoms with Crippen LogP contribution in [0.4, 0.5) is 10.6 Å². The number of carbonyl (C=O) groups is 2. The van der Waals surface area contributed by atoms with Crippen molar-refractivity contribution in [3.63, 3.8) is 0 Å². The fourth-order valence-electron chi connectivity index (χ4n) is 5.45. The van der Waals surface area contributed by atoms with Crippen molar-refractivity contribution >= 4 is 45.5 Å². The average Bonchev–Trinajstić information content (AvgIpc) is 3.61. The SMILES string of the molecule is Cc1cc(C(=O)NCc2cc3cc(C4=CCN(C(=O)OC(C)(C)C)CC4)cc(Cn4cnc5c(N)ncnc54)c3[nH]2)c(C)nn1. The molecule has 0 saturated carbocycles.